The average Bonchev–Trinajstić information content (AvgIpc) is 2.79. The van der Waals surface area contributed by atoms with Gasteiger partial charge >= 0.3 is 15.6 Å². The molecule has 0 saturated carbocycles. The van der Waals surface area contributed by atoms with Crippen molar-refractivity contribution in [1.29, 1.82) is 0 Å². The first kappa shape index (κ1) is 24.5. The zero-order valence-electron chi connectivity index (χ0n) is 19.3. The maximum Gasteiger partial charge on any atom is 0.530 e. The van der Waals surface area contributed by atoms with E-state index in [2.05, 4.69) is 0 Å². The molecule has 2 saturated heterocycles. The molecule has 2 aliphatic rings. The van der Waals surface area contributed by atoms with Gasteiger partial charge in [-0.3, -0.25) is 18.1 Å². The van der Waals surface area contributed by atoms with Crippen LogP contribution in [0.25, 0.3) is 0 Å². The van der Waals surface area contributed by atoms with Crippen LogP contribution in [0.5, 0.6) is 11.5 Å². The number of benzene rings is 2. The first-order valence-electron chi connectivity index (χ1n) is 11.0. The highest BCUT2D eigenvalue weighted by atomic mass is 31.2. The van der Waals surface area contributed by atoms with Crippen LogP contribution in [0.15, 0.2) is 48.5 Å². The predicted molar refractivity (Wildman–Crippen MR) is 124 cm³/mol. The SMILES string of the molecule is CC(C)c1ccccc1OP1(=O)OCC2(CO1)COP(=O)(Oc1ccccc1C(C)C)OC2. The van der Waals surface area contributed by atoms with Crippen molar-refractivity contribution in [3.8, 4) is 11.5 Å². The molecule has 0 amide bonds. The summed E-state index contributed by atoms with van der Waals surface area (Å²) in [6.07, 6.45) is 0. The molecule has 2 aromatic carbocycles. The van der Waals surface area contributed by atoms with Crippen molar-refractivity contribution in [3.05, 3.63) is 59.7 Å². The van der Waals surface area contributed by atoms with Gasteiger partial charge in [-0.05, 0) is 35.1 Å². The zero-order valence-corrected chi connectivity index (χ0v) is 21.1. The molecule has 0 N–H and O–H groups in total. The third-order valence-corrected chi connectivity index (χ3v) is 8.24. The van der Waals surface area contributed by atoms with Gasteiger partial charge in [-0.2, -0.15) is 0 Å². The highest BCUT2D eigenvalue weighted by Gasteiger charge is 2.51. The first-order chi connectivity index (χ1) is 15.6. The van der Waals surface area contributed by atoms with Crippen LogP contribution in [0.4, 0.5) is 0 Å². The Morgan fingerprint density at radius 3 is 1.33 bits per heavy atom. The largest absolute Gasteiger partial charge is 0.530 e. The smallest absolute Gasteiger partial charge is 0.404 e. The molecule has 4 rings (SSSR count). The summed E-state index contributed by atoms with van der Waals surface area (Å²) in [7, 11) is -7.62. The molecule has 0 atom stereocenters. The Morgan fingerprint density at radius 1 is 0.667 bits per heavy atom. The minimum Gasteiger partial charge on any atom is -0.404 e. The van der Waals surface area contributed by atoms with Crippen molar-refractivity contribution in [2.75, 3.05) is 26.4 Å². The van der Waals surface area contributed by atoms with E-state index in [0.29, 0.717) is 11.5 Å². The van der Waals surface area contributed by atoms with Crippen LogP contribution in [0.3, 0.4) is 0 Å². The molecule has 2 aliphatic heterocycles. The fourth-order valence-electron chi connectivity index (χ4n) is 3.62. The summed E-state index contributed by atoms with van der Waals surface area (Å²) in [6, 6.07) is 14.7. The molecule has 2 heterocycles. The summed E-state index contributed by atoms with van der Waals surface area (Å²) in [5.41, 5.74) is 1.05. The van der Waals surface area contributed by atoms with Gasteiger partial charge in [0.1, 0.15) is 11.5 Å². The number of phosphoric acid groups is 2. The van der Waals surface area contributed by atoms with Crippen LogP contribution in [-0.2, 0) is 27.2 Å². The van der Waals surface area contributed by atoms with Crippen LogP contribution in [0, 0.1) is 5.41 Å². The van der Waals surface area contributed by atoms with Gasteiger partial charge in [-0.15, -0.1) is 0 Å². The molecule has 180 valence electrons. The van der Waals surface area contributed by atoms with E-state index < -0.39 is 21.1 Å². The molecule has 0 aromatic heterocycles. The Labute approximate surface area is 194 Å². The van der Waals surface area contributed by atoms with Gasteiger partial charge in [0, 0.05) is 0 Å². The third-order valence-electron chi connectivity index (χ3n) is 5.62. The Bertz CT molecular complexity index is 971. The van der Waals surface area contributed by atoms with Gasteiger partial charge in [0.15, 0.2) is 0 Å². The van der Waals surface area contributed by atoms with Crippen molar-refractivity contribution in [2.24, 2.45) is 5.41 Å². The van der Waals surface area contributed by atoms with E-state index in [9.17, 15) is 9.13 Å². The standard InChI is InChI=1S/C23H30O8P2/c1-17(2)19-9-5-7-11-21(19)30-32(24)26-13-23(14-27-32)15-28-33(25,29-16-23)31-22-12-8-6-10-20(22)18(3)4/h5-12,17-18H,13-16H2,1-4H3. The molecule has 0 radical (unpaired) electrons. The van der Waals surface area contributed by atoms with Gasteiger partial charge in [-0.1, -0.05) is 64.1 Å². The summed E-state index contributed by atoms with van der Waals surface area (Å²) in [6.45, 7) is 8.12. The lowest BCUT2D eigenvalue weighted by Crippen LogP contribution is -2.46. The van der Waals surface area contributed by atoms with Crippen LogP contribution in [-0.4, -0.2) is 26.4 Å². The van der Waals surface area contributed by atoms with Crippen molar-refractivity contribution >= 4 is 15.6 Å². The summed E-state index contributed by atoms with van der Waals surface area (Å²) in [4.78, 5) is 0. The quantitative estimate of drug-likeness (QED) is 0.409. The molecular weight excluding hydrogens is 466 g/mol. The molecule has 2 aromatic rings. The number of para-hydroxylation sites is 2. The van der Waals surface area contributed by atoms with Crippen LogP contribution in [0.1, 0.15) is 50.7 Å². The van der Waals surface area contributed by atoms with Crippen LogP contribution >= 0.6 is 15.6 Å². The monoisotopic (exact) mass is 496 g/mol. The van der Waals surface area contributed by atoms with Gasteiger partial charge < -0.3 is 9.05 Å². The van der Waals surface area contributed by atoms with Crippen molar-refractivity contribution in [1.82, 2.24) is 0 Å². The second-order valence-electron chi connectivity index (χ2n) is 9.06. The summed E-state index contributed by atoms with van der Waals surface area (Å²) < 4.78 is 59.7. The van der Waals surface area contributed by atoms with Crippen LogP contribution < -0.4 is 9.05 Å². The predicted octanol–water partition coefficient (Wildman–Crippen LogP) is 6.69. The lowest BCUT2D eigenvalue weighted by Gasteiger charge is -2.41. The Hall–Kier alpha value is -1.66. The summed E-state index contributed by atoms with van der Waals surface area (Å²) in [5, 5.41) is 0. The summed E-state index contributed by atoms with van der Waals surface area (Å²) in [5.74, 6) is 1.28. The van der Waals surface area contributed by atoms with Crippen molar-refractivity contribution < 1.29 is 36.3 Å². The topological polar surface area (TPSA) is 89.5 Å². The number of phosphoric ester groups is 2. The lowest BCUT2D eigenvalue weighted by atomic mass is 9.93. The van der Waals surface area contributed by atoms with E-state index in [0.717, 1.165) is 11.1 Å². The fraction of sp³-hybridized carbons (Fsp3) is 0.478. The maximum absolute atomic E-state index is 13.0. The fourth-order valence-corrected chi connectivity index (χ4v) is 6.52. The number of hydrogen-bond acceptors (Lipinski definition) is 8. The Kier molecular flexibility index (Phi) is 7.07. The van der Waals surface area contributed by atoms with E-state index in [1.165, 1.54) is 0 Å². The molecule has 0 aliphatic carbocycles. The number of hydrogen-bond donors (Lipinski definition) is 0. The van der Waals surface area contributed by atoms with E-state index in [1.54, 1.807) is 24.3 Å². The van der Waals surface area contributed by atoms with E-state index in [-0.39, 0.29) is 38.3 Å². The normalized spacial score (nSPS) is 30.0. The molecule has 0 bridgehead atoms. The van der Waals surface area contributed by atoms with Gasteiger partial charge in [0.25, 0.3) is 0 Å². The van der Waals surface area contributed by atoms with E-state index in [1.807, 2.05) is 52.0 Å². The van der Waals surface area contributed by atoms with Crippen molar-refractivity contribution in [3.63, 3.8) is 0 Å². The molecule has 8 nitrogen and oxygen atoms in total. The lowest BCUT2D eigenvalue weighted by molar-refractivity contribution is -0.0854. The summed E-state index contributed by atoms with van der Waals surface area (Å²) >= 11 is 0. The van der Waals surface area contributed by atoms with Crippen molar-refractivity contribution in [2.45, 2.75) is 39.5 Å². The third kappa shape index (κ3) is 5.54. The zero-order chi connectivity index (χ0) is 23.7. The highest BCUT2D eigenvalue weighted by molar-refractivity contribution is 7.49. The molecule has 2 fully saturated rings. The number of rotatable bonds is 6. The van der Waals surface area contributed by atoms with Gasteiger partial charge in [0.2, 0.25) is 0 Å². The Morgan fingerprint density at radius 2 is 1.00 bits per heavy atom. The molecule has 10 heteroatoms. The second kappa shape index (κ2) is 9.53. The van der Waals surface area contributed by atoms with E-state index >= 15 is 0 Å². The molecular formula is C23H30O8P2. The molecule has 1 spiro atoms. The minimum absolute atomic E-state index is 0.0106. The second-order valence-corrected chi connectivity index (χ2v) is 12.2. The maximum atomic E-state index is 13.0. The highest BCUT2D eigenvalue weighted by Crippen LogP contribution is 2.60. The minimum atomic E-state index is -3.81. The first-order valence-corrected chi connectivity index (χ1v) is 13.9. The van der Waals surface area contributed by atoms with E-state index in [4.69, 9.17) is 27.1 Å². The molecule has 33 heavy (non-hydrogen) atoms. The Balaban J connectivity index is 1.38. The van der Waals surface area contributed by atoms with Gasteiger partial charge in [0.05, 0.1) is 31.8 Å². The molecule has 0 unspecified atom stereocenters. The van der Waals surface area contributed by atoms with Gasteiger partial charge in [-0.25, -0.2) is 9.13 Å². The average molecular weight is 496 g/mol. The van der Waals surface area contributed by atoms with Crippen LogP contribution in [0.2, 0.25) is 0 Å².